The Morgan fingerprint density at radius 2 is 1.68 bits per heavy atom. The van der Waals surface area contributed by atoms with Crippen molar-refractivity contribution in [3.63, 3.8) is 0 Å². The van der Waals surface area contributed by atoms with Crippen molar-refractivity contribution in [2.45, 2.75) is 11.8 Å². The molecule has 4 N–H and O–H groups in total. The standard InChI is InChI=1S/C21H18ClN7O4S/c1-13-18(19(28-25-13)33-20(30)14-3-5-15(22)6-4-14)27-26-16-7-9-17(10-8-16)34(31,32)29-21-23-11-2-12-24-21/h2-12,26-27H,1H3,(H,25,28)(H,23,24,29). The number of ether oxygens (including phenoxy) is 1. The number of sulfonamides is 1. The van der Waals surface area contributed by atoms with E-state index in [4.69, 9.17) is 16.3 Å². The number of hydrazine groups is 1. The van der Waals surface area contributed by atoms with Gasteiger partial charge in [-0.3, -0.25) is 10.5 Å². The van der Waals surface area contributed by atoms with Gasteiger partial charge in [0.25, 0.3) is 15.9 Å². The molecule has 0 unspecified atom stereocenters. The maximum absolute atomic E-state index is 12.5. The molecule has 0 radical (unpaired) electrons. The van der Waals surface area contributed by atoms with E-state index in [1.807, 2.05) is 0 Å². The molecule has 4 rings (SSSR count). The van der Waals surface area contributed by atoms with Crippen LogP contribution < -0.4 is 20.3 Å². The van der Waals surface area contributed by atoms with Crippen LogP contribution in [0.4, 0.5) is 17.3 Å². The molecule has 13 heteroatoms. The number of halogens is 1. The van der Waals surface area contributed by atoms with Gasteiger partial charge in [0.1, 0.15) is 5.69 Å². The Kier molecular flexibility index (Phi) is 6.61. The van der Waals surface area contributed by atoms with Gasteiger partial charge in [-0.2, -0.15) is 0 Å². The maximum Gasteiger partial charge on any atom is 0.344 e. The van der Waals surface area contributed by atoms with Crippen LogP contribution in [0.15, 0.2) is 71.9 Å². The Bertz CT molecular complexity index is 1390. The molecule has 0 bridgehead atoms. The third-order valence-electron chi connectivity index (χ3n) is 4.47. The second kappa shape index (κ2) is 9.77. The van der Waals surface area contributed by atoms with Gasteiger partial charge in [-0.1, -0.05) is 11.6 Å². The lowest BCUT2D eigenvalue weighted by Gasteiger charge is -2.12. The Hall–Kier alpha value is -4.16. The average molecular weight is 500 g/mol. The van der Waals surface area contributed by atoms with E-state index in [2.05, 4.69) is 35.7 Å². The number of nitrogens with one attached hydrogen (secondary N) is 4. The van der Waals surface area contributed by atoms with E-state index in [1.54, 1.807) is 49.4 Å². The minimum atomic E-state index is -3.85. The first-order chi connectivity index (χ1) is 16.3. The molecular weight excluding hydrogens is 482 g/mol. The summed E-state index contributed by atoms with van der Waals surface area (Å²) in [5.41, 5.74) is 7.71. The summed E-state index contributed by atoms with van der Waals surface area (Å²) in [7, 11) is -3.85. The SMILES string of the molecule is Cc1[nH]nc(OC(=O)c2ccc(Cl)cc2)c1NNc1ccc(S(=O)(=O)Nc2ncccn2)cc1. The van der Waals surface area contributed by atoms with Crippen LogP contribution in [0.2, 0.25) is 5.02 Å². The van der Waals surface area contributed by atoms with Gasteiger partial charge in [0.15, 0.2) is 0 Å². The predicted octanol–water partition coefficient (Wildman–Crippen LogP) is 3.62. The molecule has 2 aromatic carbocycles. The van der Waals surface area contributed by atoms with Crippen molar-refractivity contribution in [2.24, 2.45) is 0 Å². The monoisotopic (exact) mass is 499 g/mol. The highest BCUT2D eigenvalue weighted by atomic mass is 35.5. The summed E-state index contributed by atoms with van der Waals surface area (Å²) >= 11 is 5.85. The summed E-state index contributed by atoms with van der Waals surface area (Å²) in [5.74, 6) is -0.589. The minimum Gasteiger partial charge on any atom is -0.400 e. The molecule has 0 aliphatic rings. The Labute approximate surface area is 199 Å². The molecule has 4 aromatic rings. The number of carbonyl (C=O) groups excluding carboxylic acids is 1. The third-order valence-corrected chi connectivity index (χ3v) is 6.07. The van der Waals surface area contributed by atoms with E-state index in [-0.39, 0.29) is 16.7 Å². The highest BCUT2D eigenvalue weighted by Crippen LogP contribution is 2.26. The fraction of sp³-hybridized carbons (Fsp3) is 0.0476. The van der Waals surface area contributed by atoms with Gasteiger partial charge in [-0.05, 0) is 61.5 Å². The summed E-state index contributed by atoms with van der Waals surface area (Å²) in [6, 6.07) is 13.8. The third kappa shape index (κ3) is 5.42. The zero-order chi connectivity index (χ0) is 24.1. The molecule has 0 aliphatic carbocycles. The van der Waals surface area contributed by atoms with E-state index in [0.29, 0.717) is 27.7 Å². The van der Waals surface area contributed by atoms with Crippen molar-refractivity contribution in [1.29, 1.82) is 0 Å². The Morgan fingerprint density at radius 3 is 2.35 bits per heavy atom. The zero-order valence-corrected chi connectivity index (χ0v) is 19.2. The van der Waals surface area contributed by atoms with Crippen LogP contribution in [0, 0.1) is 6.92 Å². The quantitative estimate of drug-likeness (QED) is 0.210. The fourth-order valence-electron chi connectivity index (χ4n) is 2.74. The molecule has 2 heterocycles. The minimum absolute atomic E-state index is 0.0255. The van der Waals surface area contributed by atoms with E-state index in [0.717, 1.165) is 0 Å². The van der Waals surface area contributed by atoms with Gasteiger partial charge in [-0.25, -0.2) is 27.9 Å². The van der Waals surface area contributed by atoms with Crippen LogP contribution in [0.1, 0.15) is 16.1 Å². The van der Waals surface area contributed by atoms with Crippen molar-refractivity contribution < 1.29 is 17.9 Å². The first-order valence-electron chi connectivity index (χ1n) is 9.76. The van der Waals surface area contributed by atoms with Crippen LogP contribution in [-0.4, -0.2) is 34.6 Å². The lowest BCUT2D eigenvalue weighted by molar-refractivity contribution is 0.0728. The number of esters is 1. The second-order valence-electron chi connectivity index (χ2n) is 6.88. The maximum atomic E-state index is 12.5. The molecule has 0 amide bonds. The van der Waals surface area contributed by atoms with E-state index < -0.39 is 16.0 Å². The largest absolute Gasteiger partial charge is 0.400 e. The fourth-order valence-corrected chi connectivity index (χ4v) is 3.83. The number of hydrogen-bond acceptors (Lipinski definition) is 9. The summed E-state index contributed by atoms with van der Waals surface area (Å²) in [5, 5.41) is 7.24. The number of aromatic nitrogens is 4. The van der Waals surface area contributed by atoms with Gasteiger partial charge in [0.2, 0.25) is 5.95 Å². The van der Waals surface area contributed by atoms with Crippen LogP contribution in [0.5, 0.6) is 5.88 Å². The highest BCUT2D eigenvalue weighted by molar-refractivity contribution is 7.92. The van der Waals surface area contributed by atoms with Crippen molar-refractivity contribution in [3.05, 3.63) is 83.3 Å². The smallest absolute Gasteiger partial charge is 0.344 e. The van der Waals surface area contributed by atoms with Gasteiger partial charge in [-0.15, -0.1) is 5.10 Å². The molecule has 0 saturated carbocycles. The van der Waals surface area contributed by atoms with Crippen molar-refractivity contribution >= 4 is 44.9 Å². The van der Waals surface area contributed by atoms with Crippen molar-refractivity contribution in [2.75, 3.05) is 15.6 Å². The summed E-state index contributed by atoms with van der Waals surface area (Å²) in [4.78, 5) is 20.1. The number of benzene rings is 2. The lowest BCUT2D eigenvalue weighted by Crippen LogP contribution is -2.15. The summed E-state index contributed by atoms with van der Waals surface area (Å²) < 4.78 is 32.7. The predicted molar refractivity (Wildman–Crippen MR) is 126 cm³/mol. The molecule has 11 nitrogen and oxygen atoms in total. The molecule has 0 aliphatic heterocycles. The number of rotatable bonds is 8. The van der Waals surface area contributed by atoms with Crippen molar-refractivity contribution in [1.82, 2.24) is 20.2 Å². The van der Waals surface area contributed by atoms with Crippen LogP contribution in [0.25, 0.3) is 0 Å². The Morgan fingerprint density at radius 1 is 1.00 bits per heavy atom. The van der Waals surface area contributed by atoms with E-state index in [9.17, 15) is 13.2 Å². The molecule has 0 saturated heterocycles. The average Bonchev–Trinajstić information content (AvgIpc) is 3.17. The van der Waals surface area contributed by atoms with Crippen LogP contribution in [-0.2, 0) is 10.0 Å². The van der Waals surface area contributed by atoms with Gasteiger partial charge in [0, 0.05) is 17.4 Å². The van der Waals surface area contributed by atoms with Gasteiger partial charge in [0.05, 0.1) is 21.8 Å². The van der Waals surface area contributed by atoms with E-state index in [1.165, 1.54) is 24.5 Å². The summed E-state index contributed by atoms with van der Waals surface area (Å²) in [6.07, 6.45) is 2.87. The molecule has 0 fully saturated rings. The van der Waals surface area contributed by atoms with Gasteiger partial charge < -0.3 is 10.2 Å². The van der Waals surface area contributed by atoms with Crippen molar-refractivity contribution in [3.8, 4) is 5.88 Å². The van der Waals surface area contributed by atoms with E-state index >= 15 is 0 Å². The highest BCUT2D eigenvalue weighted by Gasteiger charge is 2.18. The zero-order valence-electron chi connectivity index (χ0n) is 17.6. The number of hydrogen-bond donors (Lipinski definition) is 4. The first-order valence-corrected chi connectivity index (χ1v) is 11.6. The number of aromatic amines is 1. The summed E-state index contributed by atoms with van der Waals surface area (Å²) in [6.45, 7) is 1.74. The number of aryl methyl sites for hydroxylation is 1. The molecular formula is C21H18ClN7O4S. The Balaban J connectivity index is 1.41. The molecule has 2 aromatic heterocycles. The topological polar surface area (TPSA) is 151 Å². The number of nitrogens with zero attached hydrogens (tertiary/aromatic N) is 3. The van der Waals surface area contributed by atoms with Crippen LogP contribution in [0.3, 0.4) is 0 Å². The number of H-pyrrole nitrogens is 1. The number of anilines is 3. The lowest BCUT2D eigenvalue weighted by atomic mass is 10.2. The molecule has 174 valence electrons. The molecule has 0 spiro atoms. The molecule has 0 atom stereocenters. The first kappa shape index (κ1) is 23.0. The van der Waals surface area contributed by atoms with Crippen LogP contribution >= 0.6 is 11.6 Å². The molecule has 34 heavy (non-hydrogen) atoms. The van der Waals surface area contributed by atoms with Gasteiger partial charge >= 0.3 is 5.97 Å². The normalized spacial score (nSPS) is 11.0. The second-order valence-corrected chi connectivity index (χ2v) is 9.00. The number of carbonyl (C=O) groups is 1.